The third kappa shape index (κ3) is 2.25. The highest BCUT2D eigenvalue weighted by molar-refractivity contribution is 5.09. The molecule has 0 bridgehead atoms. The second-order valence-corrected chi connectivity index (χ2v) is 3.89. The molecule has 0 heterocycles. The van der Waals surface area contributed by atoms with Crippen LogP contribution in [0.1, 0.15) is 46.0 Å². The van der Waals surface area contributed by atoms with E-state index < -0.39 is 0 Å². The second-order valence-electron chi connectivity index (χ2n) is 3.89. The topological polar surface area (TPSA) is 20.2 Å². The summed E-state index contributed by atoms with van der Waals surface area (Å²) in [7, 11) is 0. The molecule has 1 unspecified atom stereocenters. The van der Waals surface area contributed by atoms with Gasteiger partial charge in [-0.3, -0.25) is 0 Å². The quantitative estimate of drug-likeness (QED) is 0.660. The first-order valence-electron chi connectivity index (χ1n) is 4.57. The molecular formula is C10H18O. The summed E-state index contributed by atoms with van der Waals surface area (Å²) in [4.78, 5) is 0. The van der Waals surface area contributed by atoms with Gasteiger partial charge in [-0.1, -0.05) is 26.7 Å². The normalized spacial score (nSPS) is 30.5. The molecule has 1 atom stereocenters. The van der Waals surface area contributed by atoms with Crippen LogP contribution in [0.25, 0.3) is 0 Å². The maximum absolute atomic E-state index is 9.23. The molecule has 64 valence electrons. The minimum Gasteiger partial charge on any atom is -0.513 e. The zero-order valence-corrected chi connectivity index (χ0v) is 7.56. The molecule has 0 aliphatic heterocycles. The molecule has 1 N–H and O–H groups in total. The Bertz CT molecular complexity index is 160. The Morgan fingerprint density at radius 1 is 1.64 bits per heavy atom. The Balaban J connectivity index is 2.42. The summed E-state index contributed by atoms with van der Waals surface area (Å²) in [6, 6.07) is 0. The van der Waals surface area contributed by atoms with Crippen LogP contribution < -0.4 is 0 Å². The van der Waals surface area contributed by atoms with Gasteiger partial charge in [-0.25, -0.2) is 0 Å². The Kier molecular flexibility index (Phi) is 2.58. The van der Waals surface area contributed by atoms with Gasteiger partial charge in [0.15, 0.2) is 0 Å². The minimum absolute atomic E-state index is 0.306. The van der Waals surface area contributed by atoms with E-state index in [0.29, 0.717) is 11.2 Å². The van der Waals surface area contributed by atoms with Crippen LogP contribution in [0.3, 0.4) is 0 Å². The zero-order valence-electron chi connectivity index (χ0n) is 7.56. The Hall–Kier alpha value is -0.460. The van der Waals surface area contributed by atoms with E-state index in [1.54, 1.807) is 0 Å². The first-order valence-corrected chi connectivity index (χ1v) is 4.57. The highest BCUT2D eigenvalue weighted by atomic mass is 16.3. The molecule has 0 saturated carbocycles. The highest BCUT2D eigenvalue weighted by Crippen LogP contribution is 2.38. The molecule has 1 nitrogen and oxygen atoms in total. The van der Waals surface area contributed by atoms with Crippen LogP contribution in [0.15, 0.2) is 11.8 Å². The van der Waals surface area contributed by atoms with E-state index in [9.17, 15) is 5.11 Å². The molecule has 1 heteroatoms. The smallest absolute Gasteiger partial charge is 0.0888 e. The van der Waals surface area contributed by atoms with E-state index in [4.69, 9.17) is 0 Å². The fraction of sp³-hybridized carbons (Fsp3) is 0.800. The predicted octanol–water partition coefficient (Wildman–Crippen LogP) is 3.42. The van der Waals surface area contributed by atoms with Gasteiger partial charge in [0.1, 0.15) is 0 Å². The van der Waals surface area contributed by atoms with E-state index in [1.807, 2.05) is 6.08 Å². The standard InChI is InChI=1S/C10H18O/c1-3-4-6-10(2)7-5-9(11)8-10/h8,11H,3-7H2,1-2H3. The highest BCUT2D eigenvalue weighted by Gasteiger charge is 2.26. The Labute approximate surface area is 69.1 Å². The number of hydrogen-bond donors (Lipinski definition) is 1. The molecule has 11 heavy (non-hydrogen) atoms. The van der Waals surface area contributed by atoms with Gasteiger partial charge in [0, 0.05) is 6.42 Å². The molecular weight excluding hydrogens is 136 g/mol. The number of unbranched alkanes of at least 4 members (excludes halogenated alkanes) is 1. The van der Waals surface area contributed by atoms with Crippen molar-refractivity contribution < 1.29 is 5.11 Å². The van der Waals surface area contributed by atoms with Crippen LogP contribution in [-0.2, 0) is 0 Å². The fourth-order valence-electron chi connectivity index (χ4n) is 1.74. The average Bonchev–Trinajstić information content (AvgIpc) is 2.28. The van der Waals surface area contributed by atoms with Gasteiger partial charge >= 0.3 is 0 Å². The lowest BCUT2D eigenvalue weighted by Crippen LogP contribution is -2.08. The summed E-state index contributed by atoms with van der Waals surface area (Å²) in [5, 5.41) is 9.23. The van der Waals surface area contributed by atoms with Crippen molar-refractivity contribution in [1.82, 2.24) is 0 Å². The fourth-order valence-corrected chi connectivity index (χ4v) is 1.74. The van der Waals surface area contributed by atoms with Gasteiger partial charge in [0.2, 0.25) is 0 Å². The lowest BCUT2D eigenvalue weighted by atomic mass is 9.85. The number of aliphatic hydroxyl groups excluding tert-OH is 1. The van der Waals surface area contributed by atoms with Crippen molar-refractivity contribution in [1.29, 1.82) is 0 Å². The molecule has 1 aliphatic carbocycles. The third-order valence-electron chi connectivity index (χ3n) is 2.57. The maximum Gasteiger partial charge on any atom is 0.0888 e. The molecule has 0 aromatic rings. The van der Waals surface area contributed by atoms with Gasteiger partial charge in [-0.2, -0.15) is 0 Å². The molecule has 1 rings (SSSR count). The molecule has 0 aromatic carbocycles. The van der Waals surface area contributed by atoms with Gasteiger partial charge in [-0.15, -0.1) is 0 Å². The van der Waals surface area contributed by atoms with Crippen molar-refractivity contribution in [2.75, 3.05) is 0 Å². The largest absolute Gasteiger partial charge is 0.513 e. The number of aliphatic hydroxyl groups is 1. The number of hydrogen-bond acceptors (Lipinski definition) is 1. The van der Waals surface area contributed by atoms with Gasteiger partial charge in [0.05, 0.1) is 5.76 Å². The van der Waals surface area contributed by atoms with Crippen molar-refractivity contribution in [2.45, 2.75) is 46.0 Å². The average molecular weight is 154 g/mol. The van der Waals surface area contributed by atoms with Crippen molar-refractivity contribution >= 4 is 0 Å². The zero-order chi connectivity index (χ0) is 8.32. The van der Waals surface area contributed by atoms with E-state index >= 15 is 0 Å². The van der Waals surface area contributed by atoms with E-state index in [2.05, 4.69) is 13.8 Å². The van der Waals surface area contributed by atoms with Gasteiger partial charge in [-0.05, 0) is 24.3 Å². The van der Waals surface area contributed by atoms with E-state index in [0.717, 1.165) is 12.8 Å². The molecule has 1 aliphatic rings. The Morgan fingerprint density at radius 3 is 2.82 bits per heavy atom. The van der Waals surface area contributed by atoms with Crippen molar-refractivity contribution in [2.24, 2.45) is 5.41 Å². The Morgan fingerprint density at radius 2 is 2.36 bits per heavy atom. The summed E-state index contributed by atoms with van der Waals surface area (Å²) in [6.07, 6.45) is 7.83. The van der Waals surface area contributed by atoms with Gasteiger partial charge < -0.3 is 5.11 Å². The molecule has 0 fully saturated rings. The summed E-state index contributed by atoms with van der Waals surface area (Å²) in [6.45, 7) is 4.45. The summed E-state index contributed by atoms with van der Waals surface area (Å²) in [5.41, 5.74) is 0.306. The van der Waals surface area contributed by atoms with Crippen LogP contribution >= 0.6 is 0 Å². The van der Waals surface area contributed by atoms with E-state index in [-0.39, 0.29) is 0 Å². The lowest BCUT2D eigenvalue weighted by molar-refractivity contribution is 0.365. The van der Waals surface area contributed by atoms with Crippen molar-refractivity contribution in [3.8, 4) is 0 Å². The van der Waals surface area contributed by atoms with Crippen molar-refractivity contribution in [3.05, 3.63) is 11.8 Å². The van der Waals surface area contributed by atoms with Crippen LogP contribution in [0.4, 0.5) is 0 Å². The molecule has 0 saturated heterocycles. The van der Waals surface area contributed by atoms with Crippen LogP contribution in [0.5, 0.6) is 0 Å². The molecule has 0 radical (unpaired) electrons. The first-order chi connectivity index (χ1) is 5.16. The third-order valence-corrected chi connectivity index (χ3v) is 2.57. The minimum atomic E-state index is 0.306. The number of allylic oxidation sites excluding steroid dienone is 2. The summed E-state index contributed by atoms with van der Waals surface area (Å²) >= 11 is 0. The maximum atomic E-state index is 9.23. The molecule has 0 amide bonds. The SMILES string of the molecule is CCCCC1(C)C=C(O)CC1. The van der Waals surface area contributed by atoms with Crippen molar-refractivity contribution in [3.63, 3.8) is 0 Å². The molecule has 0 spiro atoms. The molecule has 0 aromatic heterocycles. The predicted molar refractivity (Wildman–Crippen MR) is 47.6 cm³/mol. The number of rotatable bonds is 3. The van der Waals surface area contributed by atoms with Crippen LogP contribution in [0, 0.1) is 5.41 Å². The van der Waals surface area contributed by atoms with Crippen LogP contribution in [-0.4, -0.2) is 5.11 Å². The van der Waals surface area contributed by atoms with Crippen LogP contribution in [0.2, 0.25) is 0 Å². The van der Waals surface area contributed by atoms with E-state index in [1.165, 1.54) is 19.3 Å². The van der Waals surface area contributed by atoms with Gasteiger partial charge in [0.25, 0.3) is 0 Å². The summed E-state index contributed by atoms with van der Waals surface area (Å²) in [5.74, 6) is 0.601. The second kappa shape index (κ2) is 3.29. The first kappa shape index (κ1) is 8.63. The summed E-state index contributed by atoms with van der Waals surface area (Å²) < 4.78 is 0. The monoisotopic (exact) mass is 154 g/mol. The lowest BCUT2D eigenvalue weighted by Gasteiger charge is -2.20.